The van der Waals surface area contributed by atoms with E-state index in [4.69, 9.17) is 10.5 Å². The van der Waals surface area contributed by atoms with Crippen molar-refractivity contribution >= 4 is 35.6 Å². The van der Waals surface area contributed by atoms with Gasteiger partial charge in [-0.15, -0.1) is 24.0 Å². The van der Waals surface area contributed by atoms with Gasteiger partial charge in [-0.1, -0.05) is 26.0 Å². The quantitative estimate of drug-likeness (QED) is 0.373. The summed E-state index contributed by atoms with van der Waals surface area (Å²) in [6, 6.07) is 6.43. The predicted octanol–water partition coefficient (Wildman–Crippen LogP) is 4.36. The smallest absolute Gasteiger partial charge is 0.193 e. The van der Waals surface area contributed by atoms with Gasteiger partial charge in [-0.05, 0) is 62.1 Å². The molecule has 2 rings (SSSR count). The molecular formula is C19H32IN3O. The van der Waals surface area contributed by atoms with Crippen molar-refractivity contribution in [3.05, 3.63) is 29.3 Å². The monoisotopic (exact) mass is 445 g/mol. The Morgan fingerprint density at radius 2 is 2.04 bits per heavy atom. The number of anilines is 1. The lowest BCUT2D eigenvalue weighted by atomic mass is 9.90. The molecule has 1 aromatic carbocycles. The molecule has 136 valence electrons. The van der Waals surface area contributed by atoms with Gasteiger partial charge >= 0.3 is 0 Å². The van der Waals surface area contributed by atoms with Crippen LogP contribution in [0.15, 0.2) is 23.2 Å². The number of hydrogen-bond donors (Lipinski definition) is 2. The number of halogens is 1. The normalized spacial score (nSPS) is 15.6. The van der Waals surface area contributed by atoms with Crippen LogP contribution in [0.4, 0.5) is 5.69 Å². The largest absolute Gasteiger partial charge is 0.378 e. The molecule has 0 amide bonds. The van der Waals surface area contributed by atoms with Crippen molar-refractivity contribution in [2.45, 2.75) is 59.0 Å². The maximum absolute atomic E-state index is 6.07. The Bertz CT molecular complexity index is 531. The standard InChI is InChI=1S/C19H31N3O.HI/c1-4-23-18(14(2)3)12-13-21-19(20)22-17-11-7-9-15-8-5-6-10-16(15)17;/h7,9,11,14,18H,4-6,8,10,12-13H2,1-3H3,(H3,20,21,22);1H. The zero-order chi connectivity index (χ0) is 16.7. The average Bonchev–Trinajstić information content (AvgIpc) is 2.54. The third-order valence-electron chi connectivity index (χ3n) is 4.48. The summed E-state index contributed by atoms with van der Waals surface area (Å²) in [6.07, 6.45) is 6.00. The number of hydrogen-bond acceptors (Lipinski definition) is 2. The number of ether oxygens (including phenoxy) is 1. The zero-order valence-electron chi connectivity index (χ0n) is 15.2. The van der Waals surface area contributed by atoms with Crippen LogP contribution in [0.5, 0.6) is 0 Å². The molecule has 1 aromatic rings. The molecule has 0 radical (unpaired) electrons. The summed E-state index contributed by atoms with van der Waals surface area (Å²) in [5.74, 6) is 1.00. The molecule has 24 heavy (non-hydrogen) atoms. The van der Waals surface area contributed by atoms with E-state index in [1.807, 2.05) is 6.92 Å². The van der Waals surface area contributed by atoms with Gasteiger partial charge in [0.1, 0.15) is 0 Å². The number of nitrogens with one attached hydrogen (secondary N) is 1. The maximum atomic E-state index is 6.07. The van der Waals surface area contributed by atoms with Gasteiger partial charge in [0, 0.05) is 18.8 Å². The van der Waals surface area contributed by atoms with Crippen LogP contribution in [0.3, 0.4) is 0 Å². The molecule has 4 nitrogen and oxygen atoms in total. The third kappa shape index (κ3) is 6.24. The van der Waals surface area contributed by atoms with E-state index in [1.165, 1.54) is 30.4 Å². The molecule has 0 spiro atoms. The highest BCUT2D eigenvalue weighted by atomic mass is 127. The van der Waals surface area contributed by atoms with Crippen LogP contribution in [-0.2, 0) is 17.6 Å². The minimum Gasteiger partial charge on any atom is -0.378 e. The third-order valence-corrected chi connectivity index (χ3v) is 4.48. The molecule has 5 heteroatoms. The first-order valence-corrected chi connectivity index (χ1v) is 8.91. The van der Waals surface area contributed by atoms with Gasteiger partial charge < -0.3 is 15.8 Å². The van der Waals surface area contributed by atoms with E-state index in [0.717, 1.165) is 25.1 Å². The van der Waals surface area contributed by atoms with Crippen LogP contribution >= 0.6 is 24.0 Å². The fourth-order valence-corrected chi connectivity index (χ4v) is 3.21. The van der Waals surface area contributed by atoms with Gasteiger partial charge in [0.25, 0.3) is 0 Å². The van der Waals surface area contributed by atoms with Gasteiger partial charge in [-0.3, -0.25) is 4.99 Å². The summed E-state index contributed by atoms with van der Waals surface area (Å²) in [5.41, 5.74) is 10.1. The van der Waals surface area contributed by atoms with E-state index in [-0.39, 0.29) is 30.1 Å². The molecule has 0 aromatic heterocycles. The lowest BCUT2D eigenvalue weighted by molar-refractivity contribution is 0.0266. The molecule has 3 N–H and O–H groups in total. The Hall–Kier alpha value is -0.820. The average molecular weight is 445 g/mol. The predicted molar refractivity (Wildman–Crippen MR) is 113 cm³/mol. The van der Waals surface area contributed by atoms with E-state index in [9.17, 15) is 0 Å². The molecule has 0 fully saturated rings. The second kappa shape index (κ2) is 10.9. The molecule has 0 bridgehead atoms. The second-order valence-corrected chi connectivity index (χ2v) is 6.57. The van der Waals surface area contributed by atoms with Crippen molar-refractivity contribution in [3.8, 4) is 0 Å². The summed E-state index contributed by atoms with van der Waals surface area (Å²) in [6.45, 7) is 7.84. The Balaban J connectivity index is 0.00000288. The molecule has 0 aliphatic heterocycles. The minimum absolute atomic E-state index is 0. The van der Waals surface area contributed by atoms with Crippen molar-refractivity contribution in [1.29, 1.82) is 0 Å². The summed E-state index contributed by atoms with van der Waals surface area (Å²) >= 11 is 0. The van der Waals surface area contributed by atoms with E-state index >= 15 is 0 Å². The molecular weight excluding hydrogens is 413 g/mol. The highest BCUT2D eigenvalue weighted by Crippen LogP contribution is 2.27. The second-order valence-electron chi connectivity index (χ2n) is 6.57. The fraction of sp³-hybridized carbons (Fsp3) is 0.632. The summed E-state index contributed by atoms with van der Waals surface area (Å²) in [4.78, 5) is 4.48. The first-order chi connectivity index (χ1) is 11.1. The summed E-state index contributed by atoms with van der Waals surface area (Å²) in [5, 5.41) is 3.29. The lowest BCUT2D eigenvalue weighted by Crippen LogP contribution is -2.26. The number of aryl methyl sites for hydroxylation is 1. The summed E-state index contributed by atoms with van der Waals surface area (Å²) in [7, 11) is 0. The number of benzene rings is 1. The number of nitrogens with two attached hydrogens (primary N) is 1. The van der Waals surface area contributed by atoms with Crippen molar-refractivity contribution < 1.29 is 4.74 Å². The van der Waals surface area contributed by atoms with Crippen LogP contribution in [0.25, 0.3) is 0 Å². The fourth-order valence-electron chi connectivity index (χ4n) is 3.21. The zero-order valence-corrected chi connectivity index (χ0v) is 17.5. The van der Waals surface area contributed by atoms with Crippen LogP contribution in [-0.4, -0.2) is 25.2 Å². The Labute approximate surface area is 163 Å². The highest BCUT2D eigenvalue weighted by molar-refractivity contribution is 14.0. The number of fused-ring (bicyclic) bond motifs is 1. The Morgan fingerprint density at radius 3 is 2.75 bits per heavy atom. The van der Waals surface area contributed by atoms with E-state index < -0.39 is 0 Å². The van der Waals surface area contributed by atoms with Crippen molar-refractivity contribution in [2.24, 2.45) is 16.6 Å². The van der Waals surface area contributed by atoms with E-state index in [1.54, 1.807) is 0 Å². The summed E-state index contributed by atoms with van der Waals surface area (Å²) < 4.78 is 5.75. The van der Waals surface area contributed by atoms with Gasteiger partial charge in [-0.2, -0.15) is 0 Å². The molecule has 1 atom stereocenters. The van der Waals surface area contributed by atoms with Gasteiger partial charge in [0.15, 0.2) is 5.96 Å². The Kier molecular flexibility index (Phi) is 9.66. The highest BCUT2D eigenvalue weighted by Gasteiger charge is 2.14. The van der Waals surface area contributed by atoms with Gasteiger partial charge in [0.05, 0.1) is 6.10 Å². The maximum Gasteiger partial charge on any atom is 0.193 e. The Morgan fingerprint density at radius 1 is 1.29 bits per heavy atom. The van der Waals surface area contributed by atoms with Crippen LogP contribution in [0.1, 0.15) is 51.2 Å². The SMILES string of the molecule is CCOC(CCN=C(N)Nc1cccc2c1CCCC2)C(C)C.I. The van der Waals surface area contributed by atoms with Gasteiger partial charge in [0.2, 0.25) is 0 Å². The van der Waals surface area contributed by atoms with E-state index in [0.29, 0.717) is 18.4 Å². The van der Waals surface area contributed by atoms with Crippen LogP contribution in [0, 0.1) is 5.92 Å². The van der Waals surface area contributed by atoms with Crippen LogP contribution < -0.4 is 11.1 Å². The lowest BCUT2D eigenvalue weighted by Gasteiger charge is -2.21. The molecule has 1 aliphatic rings. The molecule has 0 saturated heterocycles. The molecule has 0 saturated carbocycles. The van der Waals surface area contributed by atoms with Crippen molar-refractivity contribution in [3.63, 3.8) is 0 Å². The number of guanidine groups is 1. The van der Waals surface area contributed by atoms with Crippen LogP contribution in [0.2, 0.25) is 0 Å². The first-order valence-electron chi connectivity index (χ1n) is 8.91. The molecule has 0 heterocycles. The van der Waals surface area contributed by atoms with Gasteiger partial charge in [-0.25, -0.2) is 0 Å². The van der Waals surface area contributed by atoms with Crippen molar-refractivity contribution in [1.82, 2.24) is 0 Å². The molecule has 1 aliphatic carbocycles. The molecule has 1 unspecified atom stereocenters. The first kappa shape index (κ1) is 21.2. The topological polar surface area (TPSA) is 59.6 Å². The minimum atomic E-state index is 0. The number of aliphatic imine (C=N–C) groups is 1. The number of nitrogens with zero attached hydrogens (tertiary/aromatic N) is 1. The van der Waals surface area contributed by atoms with E-state index in [2.05, 4.69) is 42.4 Å². The van der Waals surface area contributed by atoms with Crippen molar-refractivity contribution in [2.75, 3.05) is 18.5 Å². The number of rotatable bonds is 7.